The fraction of sp³-hybridized carbons (Fsp3) is 0.917. The summed E-state index contributed by atoms with van der Waals surface area (Å²) in [7, 11) is 10.4. The molecule has 2 fully saturated rings. The van der Waals surface area contributed by atoms with Crippen LogP contribution in [0, 0.1) is 5.92 Å². The van der Waals surface area contributed by atoms with Crippen molar-refractivity contribution in [1.82, 2.24) is 4.90 Å². The maximum Gasteiger partial charge on any atom is 0.0985 e. The van der Waals surface area contributed by atoms with Crippen LogP contribution in [0.3, 0.4) is 0 Å². The normalized spacial score (nSPS) is 40.0. The Labute approximate surface area is 94.5 Å². The van der Waals surface area contributed by atoms with Crippen LogP contribution < -0.4 is 0 Å². The van der Waals surface area contributed by atoms with Gasteiger partial charge < -0.3 is 4.90 Å². The third-order valence-electron chi connectivity index (χ3n) is 4.20. The summed E-state index contributed by atoms with van der Waals surface area (Å²) in [5, 5.41) is 0. The lowest BCUT2D eigenvalue weighted by atomic mass is 9.68. The minimum atomic E-state index is 0.415. The van der Waals surface area contributed by atoms with Gasteiger partial charge in [-0.2, -0.15) is 0 Å². The van der Waals surface area contributed by atoms with Gasteiger partial charge in [-0.25, -0.2) is 0 Å². The fourth-order valence-corrected chi connectivity index (χ4v) is 3.27. The maximum absolute atomic E-state index is 6.27. The highest BCUT2D eigenvalue weighted by Gasteiger charge is 2.35. The summed E-state index contributed by atoms with van der Waals surface area (Å²) in [6, 6.07) is 0.648. The maximum atomic E-state index is 6.27. The van der Waals surface area contributed by atoms with Gasteiger partial charge in [-0.1, -0.05) is 25.1 Å². The van der Waals surface area contributed by atoms with Crippen LogP contribution in [0.5, 0.6) is 0 Å². The summed E-state index contributed by atoms with van der Waals surface area (Å²) in [6.07, 6.45) is 7.50. The molecule has 3 heteroatoms. The van der Waals surface area contributed by atoms with Gasteiger partial charge in [0.1, 0.15) is 0 Å². The summed E-state index contributed by atoms with van der Waals surface area (Å²) in [5.74, 6) is 2.38. The zero-order valence-corrected chi connectivity index (χ0v) is 9.95. The number of rotatable bonds is 0. The van der Waals surface area contributed by atoms with Crippen LogP contribution in [0.1, 0.15) is 38.5 Å². The number of hydrogen-bond acceptors (Lipinski definition) is 1. The molecule has 1 aliphatic heterocycles. The highest BCUT2D eigenvalue weighted by atomic mass is 15.2. The minimum Gasteiger partial charge on any atom is -0.360 e. The van der Waals surface area contributed by atoms with E-state index in [1.54, 1.807) is 0 Å². The molecule has 1 saturated heterocycles. The molecule has 15 heavy (non-hydrogen) atoms. The van der Waals surface area contributed by atoms with E-state index >= 15 is 0 Å². The quantitative estimate of drug-likeness (QED) is 0.552. The first kappa shape index (κ1) is 11.0. The van der Waals surface area contributed by atoms with Gasteiger partial charge >= 0.3 is 0 Å². The van der Waals surface area contributed by atoms with E-state index in [-0.39, 0.29) is 0 Å². The molecular weight excluding hydrogens is 183 g/mol. The van der Waals surface area contributed by atoms with Crippen LogP contribution in [0.4, 0.5) is 0 Å². The second-order valence-electron chi connectivity index (χ2n) is 4.97. The molecule has 0 bridgehead atoms. The lowest BCUT2D eigenvalue weighted by Gasteiger charge is -2.43. The largest absolute Gasteiger partial charge is 0.360 e. The van der Waals surface area contributed by atoms with E-state index in [0.29, 0.717) is 17.8 Å². The van der Waals surface area contributed by atoms with Crippen LogP contribution in [0.2, 0.25) is 5.82 Å². The second kappa shape index (κ2) is 4.59. The molecule has 0 aromatic rings. The number of aliphatic imine (C=N–C) groups is 1. The van der Waals surface area contributed by atoms with Gasteiger partial charge in [0.2, 0.25) is 0 Å². The molecule has 2 aliphatic rings. The second-order valence-corrected chi connectivity index (χ2v) is 4.97. The summed E-state index contributed by atoms with van der Waals surface area (Å²) in [4.78, 5) is 6.77. The molecule has 0 aromatic carbocycles. The Morgan fingerprint density at radius 1 is 1.27 bits per heavy atom. The van der Waals surface area contributed by atoms with Gasteiger partial charge in [-0.05, 0) is 18.8 Å². The molecule has 3 unspecified atom stereocenters. The van der Waals surface area contributed by atoms with Crippen LogP contribution in [0.25, 0.3) is 0 Å². The van der Waals surface area contributed by atoms with E-state index in [2.05, 4.69) is 16.9 Å². The number of likely N-dealkylation sites (tertiary alicyclic amines) is 1. The monoisotopic (exact) mass is 204 g/mol. The van der Waals surface area contributed by atoms with E-state index < -0.39 is 0 Å². The van der Waals surface area contributed by atoms with E-state index in [9.17, 15) is 0 Å². The first-order valence-corrected chi connectivity index (χ1v) is 6.18. The zero-order chi connectivity index (χ0) is 10.8. The molecule has 0 N–H and O–H groups in total. The van der Waals surface area contributed by atoms with Crippen molar-refractivity contribution in [2.45, 2.75) is 50.4 Å². The standard InChI is InChI=1S/C12H21BN2/c1-14-12-8-7-9-10(13)5-3-4-6-11(9)15(12)2/h9-11H,3-8H2,1-2H3. The van der Waals surface area contributed by atoms with Crippen molar-refractivity contribution in [3.63, 3.8) is 0 Å². The highest BCUT2D eigenvalue weighted by Crippen LogP contribution is 2.39. The predicted molar refractivity (Wildman–Crippen MR) is 65.6 cm³/mol. The van der Waals surface area contributed by atoms with Crippen molar-refractivity contribution in [2.75, 3.05) is 14.1 Å². The Morgan fingerprint density at radius 3 is 2.73 bits per heavy atom. The smallest absolute Gasteiger partial charge is 0.0985 e. The van der Waals surface area contributed by atoms with Crippen LogP contribution in [-0.2, 0) is 0 Å². The SMILES string of the molecule is [B]C1CCCCC2C1CCC(=NC)N2C. The van der Waals surface area contributed by atoms with Crippen molar-refractivity contribution in [1.29, 1.82) is 0 Å². The number of fused-ring (bicyclic) bond motifs is 1. The van der Waals surface area contributed by atoms with Crippen molar-refractivity contribution < 1.29 is 0 Å². The van der Waals surface area contributed by atoms with Crippen molar-refractivity contribution in [3.05, 3.63) is 0 Å². The molecular formula is C12H21BN2. The number of amidine groups is 1. The molecule has 1 aliphatic carbocycles. The average Bonchev–Trinajstić information content (AvgIpc) is 2.42. The molecule has 2 rings (SSSR count). The molecule has 0 amide bonds. The predicted octanol–water partition coefficient (Wildman–Crippen LogP) is 2.26. The van der Waals surface area contributed by atoms with E-state index in [1.807, 2.05) is 7.05 Å². The third-order valence-corrected chi connectivity index (χ3v) is 4.20. The average molecular weight is 204 g/mol. The van der Waals surface area contributed by atoms with Gasteiger partial charge in [0.15, 0.2) is 0 Å². The Balaban J connectivity index is 2.16. The van der Waals surface area contributed by atoms with E-state index in [1.165, 1.54) is 37.9 Å². The third kappa shape index (κ3) is 2.06. The first-order chi connectivity index (χ1) is 7.24. The Bertz CT molecular complexity index is 252. The van der Waals surface area contributed by atoms with Crippen LogP contribution in [0.15, 0.2) is 4.99 Å². The fourth-order valence-electron chi connectivity index (χ4n) is 3.27. The molecule has 2 radical (unpaired) electrons. The van der Waals surface area contributed by atoms with Gasteiger partial charge in [-0.15, -0.1) is 0 Å². The lowest BCUT2D eigenvalue weighted by Crippen LogP contribution is -2.47. The molecule has 1 heterocycles. The van der Waals surface area contributed by atoms with Crippen LogP contribution >= 0.6 is 0 Å². The summed E-state index contributed by atoms with van der Waals surface area (Å²) in [5.41, 5.74) is 0. The minimum absolute atomic E-state index is 0.415. The molecule has 1 saturated carbocycles. The van der Waals surface area contributed by atoms with Crippen LogP contribution in [-0.4, -0.2) is 38.7 Å². The summed E-state index contributed by atoms with van der Waals surface area (Å²) in [6.45, 7) is 0. The first-order valence-electron chi connectivity index (χ1n) is 6.18. The van der Waals surface area contributed by atoms with Gasteiger partial charge in [-0.3, -0.25) is 4.99 Å². The van der Waals surface area contributed by atoms with Crippen molar-refractivity contribution >= 4 is 13.7 Å². The molecule has 0 aromatic heterocycles. The zero-order valence-electron chi connectivity index (χ0n) is 9.95. The molecule has 0 spiro atoms. The Kier molecular flexibility index (Phi) is 3.37. The lowest BCUT2D eigenvalue weighted by molar-refractivity contribution is 0.205. The van der Waals surface area contributed by atoms with Gasteiger partial charge in [0.25, 0.3) is 0 Å². The van der Waals surface area contributed by atoms with E-state index in [4.69, 9.17) is 7.85 Å². The molecule has 3 atom stereocenters. The molecule has 82 valence electrons. The van der Waals surface area contributed by atoms with Gasteiger partial charge in [0, 0.05) is 26.6 Å². The topological polar surface area (TPSA) is 15.6 Å². The number of piperidine rings is 1. The number of nitrogens with zero attached hydrogens (tertiary/aromatic N) is 2. The molecule has 2 nitrogen and oxygen atoms in total. The number of hydrogen-bond donors (Lipinski definition) is 0. The van der Waals surface area contributed by atoms with Crippen molar-refractivity contribution in [2.24, 2.45) is 10.9 Å². The summed E-state index contributed by atoms with van der Waals surface area (Å²) < 4.78 is 0. The van der Waals surface area contributed by atoms with Crippen molar-refractivity contribution in [3.8, 4) is 0 Å². The Morgan fingerprint density at radius 2 is 2.00 bits per heavy atom. The Hall–Kier alpha value is -0.465. The highest BCUT2D eigenvalue weighted by molar-refractivity contribution is 6.12. The van der Waals surface area contributed by atoms with E-state index in [0.717, 1.165) is 6.42 Å². The van der Waals surface area contributed by atoms with Gasteiger partial charge in [0.05, 0.1) is 13.7 Å². The summed E-state index contributed by atoms with van der Waals surface area (Å²) >= 11 is 0.